The van der Waals surface area contributed by atoms with Crippen molar-refractivity contribution in [2.75, 3.05) is 0 Å². The normalized spacial score (nSPS) is 11.3. The van der Waals surface area contributed by atoms with Crippen molar-refractivity contribution >= 4 is 5.97 Å². The first kappa shape index (κ1) is 22.5. The second kappa shape index (κ2) is 16.9. The van der Waals surface area contributed by atoms with Crippen molar-refractivity contribution in [1.29, 1.82) is 0 Å². The van der Waals surface area contributed by atoms with Crippen molar-refractivity contribution in [1.82, 2.24) is 0 Å². The Morgan fingerprint density at radius 3 is 2.04 bits per heavy atom. The predicted molar refractivity (Wildman–Crippen MR) is 108 cm³/mol. The highest BCUT2D eigenvalue weighted by Gasteiger charge is 2.00. The van der Waals surface area contributed by atoms with Gasteiger partial charge >= 0.3 is 5.97 Å². The molecule has 1 heterocycles. The Hall–Kier alpha value is -1.51. The molecule has 0 bridgehead atoms. The molecule has 0 amide bonds. The molecule has 1 rings (SSSR count). The molecule has 3 heteroatoms. The van der Waals surface area contributed by atoms with Crippen LogP contribution in [0.25, 0.3) is 0 Å². The van der Waals surface area contributed by atoms with Gasteiger partial charge in [0.15, 0.2) is 0 Å². The summed E-state index contributed by atoms with van der Waals surface area (Å²) in [5, 5.41) is 0. The van der Waals surface area contributed by atoms with Gasteiger partial charge in [0.2, 0.25) is 0 Å². The van der Waals surface area contributed by atoms with Crippen LogP contribution in [0.15, 0.2) is 35.0 Å². The second-order valence-electron chi connectivity index (χ2n) is 7.12. The highest BCUT2D eigenvalue weighted by atomic mass is 16.5. The van der Waals surface area contributed by atoms with Crippen molar-refractivity contribution in [2.24, 2.45) is 0 Å². The summed E-state index contributed by atoms with van der Waals surface area (Å²) in [7, 11) is 0. The minimum atomic E-state index is -0.295. The number of carbonyl (C=O) groups is 1. The summed E-state index contributed by atoms with van der Waals surface area (Å²) >= 11 is 0. The van der Waals surface area contributed by atoms with Gasteiger partial charge in [0.05, 0.1) is 6.26 Å². The molecule has 148 valence electrons. The summed E-state index contributed by atoms with van der Waals surface area (Å²) in [4.78, 5) is 11.5. The van der Waals surface area contributed by atoms with E-state index in [2.05, 4.69) is 6.92 Å². The zero-order valence-corrected chi connectivity index (χ0v) is 16.7. The minimum Gasteiger partial charge on any atom is -0.466 e. The third kappa shape index (κ3) is 13.7. The van der Waals surface area contributed by atoms with Gasteiger partial charge in [-0.05, 0) is 25.0 Å². The summed E-state index contributed by atoms with van der Waals surface area (Å²) in [5.41, 5.74) is 0. The Balaban J connectivity index is 1.79. The van der Waals surface area contributed by atoms with Gasteiger partial charge in [-0.25, -0.2) is 4.79 Å². The van der Waals surface area contributed by atoms with E-state index in [1.807, 2.05) is 6.08 Å². The number of hydrogen-bond donors (Lipinski definition) is 0. The average molecular weight is 363 g/mol. The van der Waals surface area contributed by atoms with E-state index in [0.29, 0.717) is 5.76 Å². The van der Waals surface area contributed by atoms with Gasteiger partial charge in [-0.1, -0.05) is 90.0 Å². The van der Waals surface area contributed by atoms with Gasteiger partial charge in [0.25, 0.3) is 0 Å². The van der Waals surface area contributed by atoms with Crippen LogP contribution in [0.4, 0.5) is 0 Å². The van der Waals surface area contributed by atoms with Crippen molar-refractivity contribution in [3.05, 3.63) is 36.3 Å². The molecule has 0 N–H and O–H groups in total. The lowest BCUT2D eigenvalue weighted by Gasteiger charge is -2.02. The van der Waals surface area contributed by atoms with Gasteiger partial charge < -0.3 is 9.15 Å². The summed E-state index contributed by atoms with van der Waals surface area (Å²) in [6.45, 7) is 2.48. The molecule has 0 aliphatic carbocycles. The Labute approximate surface area is 160 Å². The molecule has 0 unspecified atom stereocenters. The lowest BCUT2D eigenvalue weighted by Crippen LogP contribution is -1.99. The fourth-order valence-electron chi connectivity index (χ4n) is 3.04. The molecule has 0 fully saturated rings. The van der Waals surface area contributed by atoms with Gasteiger partial charge in [-0.15, -0.1) is 0 Å². The van der Waals surface area contributed by atoms with E-state index in [1.165, 1.54) is 83.1 Å². The lowest BCUT2D eigenvalue weighted by molar-refractivity contribution is -0.139. The molecule has 1 aromatic heterocycles. The molecule has 0 atom stereocenters. The number of hydrogen-bond acceptors (Lipinski definition) is 3. The highest BCUT2D eigenvalue weighted by Crippen LogP contribution is 2.13. The summed E-state index contributed by atoms with van der Waals surface area (Å²) in [6, 6.07) is 3.58. The van der Waals surface area contributed by atoms with E-state index in [1.54, 1.807) is 18.4 Å². The highest BCUT2D eigenvalue weighted by molar-refractivity contribution is 5.81. The van der Waals surface area contributed by atoms with E-state index in [-0.39, 0.29) is 12.6 Å². The molecule has 0 saturated heterocycles. The molecule has 0 radical (unpaired) electrons. The molecule has 0 spiro atoms. The maximum atomic E-state index is 11.5. The maximum absolute atomic E-state index is 11.5. The van der Waals surface area contributed by atoms with Crippen LogP contribution in [0.2, 0.25) is 0 Å². The van der Waals surface area contributed by atoms with Gasteiger partial charge in [0, 0.05) is 6.08 Å². The average Bonchev–Trinajstić information content (AvgIpc) is 3.17. The van der Waals surface area contributed by atoms with E-state index < -0.39 is 0 Å². The van der Waals surface area contributed by atoms with Crippen LogP contribution < -0.4 is 0 Å². The number of furan rings is 1. The van der Waals surface area contributed by atoms with E-state index in [9.17, 15) is 4.79 Å². The monoisotopic (exact) mass is 362 g/mol. The first-order valence-corrected chi connectivity index (χ1v) is 10.7. The standard InChI is InChI=1S/C23H38O3/c1-2-3-4-5-6-7-8-9-10-11-12-13-14-15-16-19-23(24)26-21-22-18-17-20-25-22/h16-20H,2-15,21H2,1H3. The van der Waals surface area contributed by atoms with Crippen molar-refractivity contribution in [2.45, 2.75) is 103 Å². The number of unbranched alkanes of at least 4 members (excludes halogenated alkanes) is 13. The zero-order chi connectivity index (χ0) is 18.7. The summed E-state index contributed by atoms with van der Waals surface area (Å²) < 4.78 is 10.2. The quantitative estimate of drug-likeness (QED) is 0.165. The Morgan fingerprint density at radius 2 is 1.50 bits per heavy atom. The Kier molecular flexibility index (Phi) is 14.7. The smallest absolute Gasteiger partial charge is 0.330 e. The van der Waals surface area contributed by atoms with Gasteiger partial charge in [-0.2, -0.15) is 0 Å². The van der Waals surface area contributed by atoms with Crippen LogP contribution >= 0.6 is 0 Å². The molecule has 3 nitrogen and oxygen atoms in total. The largest absolute Gasteiger partial charge is 0.466 e. The molecular weight excluding hydrogens is 324 g/mol. The molecular formula is C23H38O3. The van der Waals surface area contributed by atoms with Crippen molar-refractivity contribution in [3.8, 4) is 0 Å². The topological polar surface area (TPSA) is 39.4 Å². The number of rotatable bonds is 17. The first-order chi connectivity index (χ1) is 12.8. The van der Waals surface area contributed by atoms with Crippen LogP contribution in [0.1, 0.15) is 103 Å². The minimum absolute atomic E-state index is 0.203. The number of esters is 1. The molecule has 0 aromatic carbocycles. The van der Waals surface area contributed by atoms with Gasteiger partial charge in [0.1, 0.15) is 12.4 Å². The van der Waals surface area contributed by atoms with E-state index in [4.69, 9.17) is 9.15 Å². The molecule has 1 aromatic rings. The number of carbonyl (C=O) groups excluding carboxylic acids is 1. The van der Waals surface area contributed by atoms with E-state index in [0.717, 1.165) is 12.8 Å². The van der Waals surface area contributed by atoms with Crippen molar-refractivity contribution in [3.63, 3.8) is 0 Å². The van der Waals surface area contributed by atoms with Crippen LogP contribution in [0, 0.1) is 0 Å². The number of ether oxygens (including phenoxy) is 1. The molecule has 0 aliphatic heterocycles. The van der Waals surface area contributed by atoms with E-state index >= 15 is 0 Å². The predicted octanol–water partition coefficient (Wildman–Crippen LogP) is 7.36. The van der Waals surface area contributed by atoms with Gasteiger partial charge in [-0.3, -0.25) is 0 Å². The van der Waals surface area contributed by atoms with Crippen LogP contribution in [0.3, 0.4) is 0 Å². The third-order valence-electron chi connectivity index (χ3n) is 4.67. The van der Waals surface area contributed by atoms with Crippen molar-refractivity contribution < 1.29 is 13.9 Å². The third-order valence-corrected chi connectivity index (χ3v) is 4.67. The lowest BCUT2D eigenvalue weighted by atomic mass is 10.0. The van der Waals surface area contributed by atoms with Crippen LogP contribution in [-0.2, 0) is 16.1 Å². The fraction of sp³-hybridized carbons (Fsp3) is 0.696. The molecule has 26 heavy (non-hydrogen) atoms. The second-order valence-corrected chi connectivity index (χ2v) is 7.12. The van der Waals surface area contributed by atoms with Crippen LogP contribution in [-0.4, -0.2) is 5.97 Å². The molecule has 0 saturated carbocycles. The summed E-state index contributed by atoms with van der Waals surface area (Å²) in [6.07, 6.45) is 23.7. The zero-order valence-electron chi connectivity index (χ0n) is 16.7. The number of allylic oxidation sites excluding steroid dienone is 1. The maximum Gasteiger partial charge on any atom is 0.330 e. The Morgan fingerprint density at radius 1 is 0.923 bits per heavy atom. The fourth-order valence-corrected chi connectivity index (χ4v) is 3.04. The summed E-state index contributed by atoms with van der Waals surface area (Å²) in [5.74, 6) is 0.374. The molecule has 0 aliphatic rings. The Bertz CT molecular complexity index is 448. The SMILES string of the molecule is CCCCCCCCCCCCCCCC=CC(=O)OCc1ccco1. The van der Waals surface area contributed by atoms with Crippen LogP contribution in [0.5, 0.6) is 0 Å². The first-order valence-electron chi connectivity index (χ1n) is 10.7.